The lowest BCUT2D eigenvalue weighted by atomic mass is 9.85. The van der Waals surface area contributed by atoms with E-state index in [1.165, 1.54) is 6.42 Å². The highest BCUT2D eigenvalue weighted by Gasteiger charge is 2.30. The van der Waals surface area contributed by atoms with Crippen LogP contribution in [0.1, 0.15) is 51.0 Å². The summed E-state index contributed by atoms with van der Waals surface area (Å²) in [6, 6.07) is 5.80. The van der Waals surface area contributed by atoms with Gasteiger partial charge in [-0.15, -0.1) is 0 Å². The summed E-state index contributed by atoms with van der Waals surface area (Å²) < 4.78 is 5.92. The van der Waals surface area contributed by atoms with E-state index < -0.39 is 5.60 Å². The Kier molecular flexibility index (Phi) is 6.34. The van der Waals surface area contributed by atoms with E-state index in [-0.39, 0.29) is 0 Å². The van der Waals surface area contributed by atoms with Gasteiger partial charge in [0.05, 0.1) is 10.6 Å². The maximum absolute atomic E-state index is 10.5. The molecule has 2 rings (SSSR count). The van der Waals surface area contributed by atoms with Crippen LogP contribution in [0.3, 0.4) is 0 Å². The molecule has 2 N–H and O–H groups in total. The van der Waals surface area contributed by atoms with Crippen molar-refractivity contribution in [1.82, 2.24) is 5.32 Å². The number of ether oxygens (including phenoxy) is 1. The average molecular weight is 312 g/mol. The highest BCUT2D eigenvalue weighted by Crippen LogP contribution is 2.32. The second-order valence-electron chi connectivity index (χ2n) is 5.98. The van der Waals surface area contributed by atoms with Gasteiger partial charge in [-0.25, -0.2) is 0 Å². The molecule has 1 aliphatic rings. The molecule has 21 heavy (non-hydrogen) atoms. The highest BCUT2D eigenvalue weighted by molar-refractivity contribution is 6.32. The van der Waals surface area contributed by atoms with E-state index in [1.807, 2.05) is 18.2 Å². The molecule has 118 valence electrons. The molecule has 1 saturated carbocycles. The summed E-state index contributed by atoms with van der Waals surface area (Å²) in [5, 5.41) is 14.5. The standard InChI is InChI=1S/C17H26ClNO2/c1-2-11-19-12-14-7-6-8-15(18)16(14)21-13-17(20)9-4-3-5-10-17/h6-8,19-20H,2-5,9-13H2,1H3. The summed E-state index contributed by atoms with van der Waals surface area (Å²) in [6.45, 7) is 4.18. The van der Waals surface area contributed by atoms with E-state index in [0.717, 1.165) is 50.8 Å². The van der Waals surface area contributed by atoms with Crippen molar-refractivity contribution >= 4 is 11.6 Å². The van der Waals surface area contributed by atoms with Gasteiger partial charge in [0.2, 0.25) is 0 Å². The monoisotopic (exact) mass is 311 g/mol. The molecule has 0 atom stereocenters. The summed E-state index contributed by atoms with van der Waals surface area (Å²) in [6.07, 6.45) is 6.10. The first-order valence-corrected chi connectivity index (χ1v) is 8.36. The van der Waals surface area contributed by atoms with Crippen LogP contribution >= 0.6 is 11.6 Å². The lowest BCUT2D eigenvalue weighted by Gasteiger charge is -2.32. The molecular formula is C17H26ClNO2. The van der Waals surface area contributed by atoms with E-state index in [0.29, 0.717) is 17.4 Å². The zero-order valence-electron chi connectivity index (χ0n) is 12.8. The molecular weight excluding hydrogens is 286 g/mol. The number of nitrogens with one attached hydrogen (secondary N) is 1. The van der Waals surface area contributed by atoms with Gasteiger partial charge in [0, 0.05) is 12.1 Å². The number of hydrogen-bond acceptors (Lipinski definition) is 3. The molecule has 1 fully saturated rings. The zero-order valence-corrected chi connectivity index (χ0v) is 13.6. The molecule has 0 aliphatic heterocycles. The second-order valence-corrected chi connectivity index (χ2v) is 6.39. The summed E-state index contributed by atoms with van der Waals surface area (Å²) in [5.74, 6) is 0.710. The van der Waals surface area contributed by atoms with E-state index in [1.54, 1.807) is 0 Å². The van der Waals surface area contributed by atoms with Crippen molar-refractivity contribution < 1.29 is 9.84 Å². The number of halogens is 1. The average Bonchev–Trinajstić information content (AvgIpc) is 2.47. The maximum atomic E-state index is 10.5. The number of hydrogen-bond donors (Lipinski definition) is 2. The molecule has 0 amide bonds. The molecule has 1 aromatic carbocycles. The van der Waals surface area contributed by atoms with Crippen LogP contribution in [0.5, 0.6) is 5.75 Å². The van der Waals surface area contributed by atoms with Gasteiger partial charge in [-0.2, -0.15) is 0 Å². The minimum Gasteiger partial charge on any atom is -0.489 e. The van der Waals surface area contributed by atoms with Gasteiger partial charge < -0.3 is 15.2 Å². The molecule has 0 aromatic heterocycles. The van der Waals surface area contributed by atoms with Gasteiger partial charge in [0.1, 0.15) is 12.4 Å². The Morgan fingerprint density at radius 2 is 2.05 bits per heavy atom. The lowest BCUT2D eigenvalue weighted by Crippen LogP contribution is -2.38. The first kappa shape index (κ1) is 16.6. The third kappa shape index (κ3) is 4.87. The SMILES string of the molecule is CCCNCc1cccc(Cl)c1OCC1(O)CCCCC1. The zero-order chi connectivity index (χ0) is 15.1. The van der Waals surface area contributed by atoms with Crippen molar-refractivity contribution in [1.29, 1.82) is 0 Å². The van der Waals surface area contributed by atoms with Crippen molar-refractivity contribution in [3.8, 4) is 5.75 Å². The molecule has 1 aliphatic carbocycles. The highest BCUT2D eigenvalue weighted by atomic mass is 35.5. The van der Waals surface area contributed by atoms with Gasteiger partial charge in [0.15, 0.2) is 0 Å². The van der Waals surface area contributed by atoms with Crippen LogP contribution in [-0.4, -0.2) is 23.9 Å². The Bertz CT molecular complexity index is 444. The van der Waals surface area contributed by atoms with Crippen molar-refractivity contribution in [2.75, 3.05) is 13.2 Å². The largest absolute Gasteiger partial charge is 0.489 e. The summed E-state index contributed by atoms with van der Waals surface area (Å²) in [5.41, 5.74) is 0.362. The van der Waals surface area contributed by atoms with Gasteiger partial charge in [-0.3, -0.25) is 0 Å². The Morgan fingerprint density at radius 1 is 1.29 bits per heavy atom. The first-order valence-electron chi connectivity index (χ1n) is 7.98. The van der Waals surface area contributed by atoms with E-state index in [2.05, 4.69) is 12.2 Å². The van der Waals surface area contributed by atoms with Gasteiger partial charge in [-0.05, 0) is 31.9 Å². The van der Waals surface area contributed by atoms with Crippen molar-refractivity contribution in [3.63, 3.8) is 0 Å². The predicted molar refractivity (Wildman–Crippen MR) is 87.0 cm³/mol. The Labute approximate surface area is 132 Å². The van der Waals surface area contributed by atoms with Gasteiger partial charge in [-0.1, -0.05) is 49.9 Å². The number of aliphatic hydroxyl groups is 1. The number of rotatable bonds is 7. The smallest absolute Gasteiger partial charge is 0.142 e. The van der Waals surface area contributed by atoms with Crippen LogP contribution in [0.25, 0.3) is 0 Å². The van der Waals surface area contributed by atoms with Crippen LogP contribution < -0.4 is 10.1 Å². The Morgan fingerprint density at radius 3 is 2.76 bits per heavy atom. The van der Waals surface area contributed by atoms with E-state index in [4.69, 9.17) is 16.3 Å². The quantitative estimate of drug-likeness (QED) is 0.750. The van der Waals surface area contributed by atoms with Crippen LogP contribution in [0.2, 0.25) is 5.02 Å². The second kappa shape index (κ2) is 8.02. The van der Waals surface area contributed by atoms with Crippen molar-refractivity contribution in [3.05, 3.63) is 28.8 Å². The third-order valence-corrected chi connectivity index (χ3v) is 4.36. The maximum Gasteiger partial charge on any atom is 0.142 e. The summed E-state index contributed by atoms with van der Waals surface area (Å²) in [7, 11) is 0. The molecule has 3 nitrogen and oxygen atoms in total. The Balaban J connectivity index is 2.00. The summed E-state index contributed by atoms with van der Waals surface area (Å²) in [4.78, 5) is 0. The fraction of sp³-hybridized carbons (Fsp3) is 0.647. The first-order chi connectivity index (χ1) is 10.1. The minimum absolute atomic E-state index is 0.331. The Hall–Kier alpha value is -0.770. The molecule has 0 unspecified atom stereocenters. The third-order valence-electron chi connectivity index (χ3n) is 4.06. The molecule has 0 spiro atoms. The topological polar surface area (TPSA) is 41.5 Å². The van der Waals surface area contributed by atoms with Crippen molar-refractivity contribution in [2.45, 2.75) is 57.6 Å². The minimum atomic E-state index is -0.689. The number of para-hydroxylation sites is 1. The van der Waals surface area contributed by atoms with Crippen molar-refractivity contribution in [2.24, 2.45) is 0 Å². The van der Waals surface area contributed by atoms with Gasteiger partial charge in [0.25, 0.3) is 0 Å². The normalized spacial score (nSPS) is 17.7. The number of benzene rings is 1. The molecule has 0 bridgehead atoms. The fourth-order valence-electron chi connectivity index (χ4n) is 2.81. The van der Waals surface area contributed by atoms with Crippen LogP contribution in [0.15, 0.2) is 18.2 Å². The van der Waals surface area contributed by atoms with Gasteiger partial charge >= 0.3 is 0 Å². The lowest BCUT2D eigenvalue weighted by molar-refractivity contribution is -0.0340. The van der Waals surface area contributed by atoms with Crippen LogP contribution in [0.4, 0.5) is 0 Å². The molecule has 0 radical (unpaired) electrons. The summed E-state index contributed by atoms with van der Waals surface area (Å²) >= 11 is 6.27. The van der Waals surface area contributed by atoms with Crippen LogP contribution in [0, 0.1) is 0 Å². The predicted octanol–water partition coefficient (Wildman–Crippen LogP) is 3.91. The van der Waals surface area contributed by atoms with E-state index in [9.17, 15) is 5.11 Å². The van der Waals surface area contributed by atoms with E-state index >= 15 is 0 Å². The molecule has 4 heteroatoms. The van der Waals surface area contributed by atoms with Crippen LogP contribution in [-0.2, 0) is 6.54 Å². The molecule has 0 heterocycles. The molecule has 1 aromatic rings. The fourth-order valence-corrected chi connectivity index (χ4v) is 3.06. The molecule has 0 saturated heterocycles.